The molecule has 1 aliphatic rings. The molecule has 0 atom stereocenters. The number of fused-ring (bicyclic) bond motifs is 1. The van der Waals surface area contributed by atoms with Gasteiger partial charge in [0.2, 0.25) is 5.91 Å². The van der Waals surface area contributed by atoms with Crippen LogP contribution in [0.3, 0.4) is 0 Å². The summed E-state index contributed by atoms with van der Waals surface area (Å²) in [6.45, 7) is 7.06. The van der Waals surface area contributed by atoms with E-state index in [1.807, 2.05) is 32.3 Å². The molecule has 1 aromatic carbocycles. The lowest BCUT2D eigenvalue weighted by atomic mass is 9.95. The Morgan fingerprint density at radius 2 is 1.90 bits per heavy atom. The number of halogens is 1. The highest BCUT2D eigenvalue weighted by molar-refractivity contribution is 5.95. The van der Waals surface area contributed by atoms with Crippen LogP contribution in [0.2, 0.25) is 0 Å². The summed E-state index contributed by atoms with van der Waals surface area (Å²) >= 11 is 0. The highest BCUT2D eigenvalue weighted by Crippen LogP contribution is 2.27. The maximum atomic E-state index is 13.9. The number of aryl methyl sites for hydroxylation is 1. The van der Waals surface area contributed by atoms with Crippen molar-refractivity contribution in [1.82, 2.24) is 19.4 Å². The topological polar surface area (TPSA) is 63.1 Å². The molecule has 0 spiro atoms. The smallest absolute Gasteiger partial charge is 0.228 e. The van der Waals surface area contributed by atoms with Crippen LogP contribution in [0.15, 0.2) is 36.7 Å². The Bertz CT molecular complexity index is 1090. The number of benzene rings is 1. The summed E-state index contributed by atoms with van der Waals surface area (Å²) in [4.78, 5) is 23.7. The van der Waals surface area contributed by atoms with Crippen molar-refractivity contribution < 1.29 is 9.18 Å². The highest BCUT2D eigenvalue weighted by atomic mass is 19.1. The number of carbonyl (C=O) groups excluding carboxylic acids is 1. The van der Waals surface area contributed by atoms with Gasteiger partial charge in [-0.3, -0.25) is 4.79 Å². The zero-order valence-corrected chi connectivity index (χ0v) is 18.7. The predicted molar refractivity (Wildman–Crippen MR) is 122 cm³/mol. The number of piperidine rings is 1. The number of imidazole rings is 1. The summed E-state index contributed by atoms with van der Waals surface area (Å²) in [5.41, 5.74) is 0.907. The van der Waals surface area contributed by atoms with Gasteiger partial charge in [0, 0.05) is 36.7 Å². The molecule has 7 heteroatoms. The fourth-order valence-electron chi connectivity index (χ4n) is 4.25. The van der Waals surface area contributed by atoms with Crippen LogP contribution >= 0.6 is 0 Å². The van der Waals surface area contributed by atoms with Gasteiger partial charge in [0.25, 0.3) is 0 Å². The molecule has 0 radical (unpaired) electrons. The van der Waals surface area contributed by atoms with E-state index in [-0.39, 0.29) is 11.8 Å². The third kappa shape index (κ3) is 4.93. The Morgan fingerprint density at radius 1 is 1.16 bits per heavy atom. The van der Waals surface area contributed by atoms with Crippen LogP contribution < -0.4 is 5.32 Å². The van der Waals surface area contributed by atoms with Crippen molar-refractivity contribution in [1.29, 1.82) is 0 Å². The van der Waals surface area contributed by atoms with E-state index in [1.165, 1.54) is 0 Å². The highest BCUT2D eigenvalue weighted by Gasteiger charge is 2.28. The first kappa shape index (κ1) is 21.4. The standard InChI is InChI=1S/C24H30FN5O/c1-16-26-14-21(29(16)4)18-5-6-19-13-27-22(12-20(19)11-18)28-23(31)17-7-9-30(10-8-17)15-24(2,3)25/h5-6,11-14,17H,7-10,15H2,1-4H3,(H,27,28,31). The molecular formula is C24H30FN5O. The molecule has 0 bridgehead atoms. The van der Waals surface area contributed by atoms with E-state index >= 15 is 0 Å². The Hall–Kier alpha value is -2.80. The van der Waals surface area contributed by atoms with Gasteiger partial charge in [0.1, 0.15) is 17.3 Å². The van der Waals surface area contributed by atoms with Crippen molar-refractivity contribution in [2.75, 3.05) is 25.0 Å². The van der Waals surface area contributed by atoms with Crippen LogP contribution in [-0.4, -0.2) is 50.6 Å². The SMILES string of the molecule is Cc1ncc(-c2ccc3cnc(NC(=O)C4CCN(CC(C)(C)F)CC4)cc3c2)n1C. The van der Waals surface area contributed by atoms with Crippen LogP contribution in [0.1, 0.15) is 32.5 Å². The molecule has 1 saturated heterocycles. The van der Waals surface area contributed by atoms with Crippen molar-refractivity contribution in [3.63, 3.8) is 0 Å². The molecular weight excluding hydrogens is 393 g/mol. The van der Waals surface area contributed by atoms with Crippen molar-refractivity contribution in [2.24, 2.45) is 13.0 Å². The van der Waals surface area contributed by atoms with Gasteiger partial charge in [-0.1, -0.05) is 12.1 Å². The first-order valence-electron chi connectivity index (χ1n) is 10.8. The summed E-state index contributed by atoms with van der Waals surface area (Å²) in [6.07, 6.45) is 5.13. The van der Waals surface area contributed by atoms with Crippen LogP contribution in [0.25, 0.3) is 22.0 Å². The second-order valence-electron chi connectivity index (χ2n) is 9.14. The fraction of sp³-hybridized carbons (Fsp3) is 0.458. The minimum absolute atomic E-state index is 0.00979. The average molecular weight is 424 g/mol. The first-order valence-corrected chi connectivity index (χ1v) is 10.8. The number of aromatic nitrogens is 3. The molecule has 2 aromatic heterocycles. The summed E-state index contributed by atoms with van der Waals surface area (Å²) in [5.74, 6) is 1.44. The summed E-state index contributed by atoms with van der Waals surface area (Å²) in [7, 11) is 2.00. The van der Waals surface area contributed by atoms with Crippen LogP contribution in [0.4, 0.5) is 10.2 Å². The quantitative estimate of drug-likeness (QED) is 0.663. The number of likely N-dealkylation sites (tertiary alicyclic amines) is 1. The van der Waals surface area contributed by atoms with Crippen LogP contribution in [0.5, 0.6) is 0 Å². The van der Waals surface area contributed by atoms with E-state index in [4.69, 9.17) is 0 Å². The van der Waals surface area contributed by atoms with Crippen molar-refractivity contribution in [2.45, 2.75) is 39.3 Å². The number of alkyl halides is 1. The van der Waals surface area contributed by atoms with Crippen molar-refractivity contribution in [3.05, 3.63) is 42.5 Å². The van der Waals surface area contributed by atoms with Crippen molar-refractivity contribution >= 4 is 22.5 Å². The third-order valence-corrected chi connectivity index (χ3v) is 6.05. The molecule has 6 nitrogen and oxygen atoms in total. The molecule has 3 aromatic rings. The minimum atomic E-state index is -1.21. The molecule has 31 heavy (non-hydrogen) atoms. The Kier molecular flexibility index (Phi) is 5.79. The van der Waals surface area contributed by atoms with Crippen LogP contribution in [0, 0.1) is 12.8 Å². The van der Waals surface area contributed by atoms with Gasteiger partial charge in [0.05, 0.1) is 11.9 Å². The molecule has 0 unspecified atom stereocenters. The molecule has 1 fully saturated rings. The third-order valence-electron chi connectivity index (χ3n) is 6.05. The zero-order valence-electron chi connectivity index (χ0n) is 18.7. The largest absolute Gasteiger partial charge is 0.331 e. The van der Waals surface area contributed by atoms with Gasteiger partial charge in [-0.25, -0.2) is 14.4 Å². The average Bonchev–Trinajstić information content (AvgIpc) is 3.05. The van der Waals surface area contributed by atoms with Gasteiger partial charge >= 0.3 is 0 Å². The normalized spacial score (nSPS) is 16.0. The van der Waals surface area contributed by atoms with E-state index in [9.17, 15) is 9.18 Å². The number of anilines is 1. The maximum absolute atomic E-state index is 13.9. The molecule has 1 N–H and O–H groups in total. The van der Waals surface area contributed by atoms with Crippen molar-refractivity contribution in [3.8, 4) is 11.3 Å². The lowest BCUT2D eigenvalue weighted by Gasteiger charge is -2.33. The Morgan fingerprint density at radius 3 is 2.55 bits per heavy atom. The molecule has 4 rings (SSSR count). The Balaban J connectivity index is 1.45. The molecule has 1 amide bonds. The zero-order chi connectivity index (χ0) is 22.2. The second kappa shape index (κ2) is 8.38. The summed E-state index contributed by atoms with van der Waals surface area (Å²) in [6, 6.07) is 8.11. The first-order chi connectivity index (χ1) is 14.7. The molecule has 164 valence electrons. The number of carbonyl (C=O) groups is 1. The van der Waals surface area contributed by atoms with E-state index in [2.05, 4.69) is 36.9 Å². The van der Waals surface area contributed by atoms with E-state index in [1.54, 1.807) is 20.0 Å². The lowest BCUT2D eigenvalue weighted by molar-refractivity contribution is -0.121. The monoisotopic (exact) mass is 423 g/mol. The maximum Gasteiger partial charge on any atom is 0.228 e. The number of amides is 1. The number of hydrogen-bond acceptors (Lipinski definition) is 4. The number of nitrogens with zero attached hydrogens (tertiary/aromatic N) is 4. The van der Waals surface area contributed by atoms with Crippen LogP contribution in [-0.2, 0) is 11.8 Å². The van der Waals surface area contributed by atoms with Gasteiger partial charge in [-0.15, -0.1) is 0 Å². The minimum Gasteiger partial charge on any atom is -0.331 e. The molecule has 1 aliphatic heterocycles. The fourth-order valence-corrected chi connectivity index (χ4v) is 4.25. The molecule has 0 saturated carbocycles. The number of pyridine rings is 1. The van der Waals surface area contributed by atoms with Gasteiger partial charge in [0.15, 0.2) is 0 Å². The number of nitrogens with one attached hydrogen (secondary N) is 1. The summed E-state index contributed by atoms with van der Waals surface area (Å²) < 4.78 is 15.9. The van der Waals surface area contributed by atoms with E-state index in [0.29, 0.717) is 12.4 Å². The van der Waals surface area contributed by atoms with E-state index < -0.39 is 5.67 Å². The summed E-state index contributed by atoms with van der Waals surface area (Å²) in [5, 5.41) is 5.01. The number of rotatable bonds is 5. The Labute approximate surface area is 182 Å². The van der Waals surface area contributed by atoms with Gasteiger partial charge < -0.3 is 14.8 Å². The number of hydrogen-bond donors (Lipinski definition) is 1. The molecule has 3 heterocycles. The second-order valence-corrected chi connectivity index (χ2v) is 9.14. The van der Waals surface area contributed by atoms with E-state index in [0.717, 1.165) is 53.8 Å². The van der Waals surface area contributed by atoms with Gasteiger partial charge in [-0.05, 0) is 64.2 Å². The van der Waals surface area contributed by atoms with Gasteiger partial charge in [-0.2, -0.15) is 0 Å². The predicted octanol–water partition coefficient (Wildman–Crippen LogP) is 4.34. The molecule has 0 aliphatic carbocycles. The lowest BCUT2D eigenvalue weighted by Crippen LogP contribution is -2.43.